The fourth-order valence-corrected chi connectivity index (χ4v) is 3.93. The van der Waals surface area contributed by atoms with Crippen molar-refractivity contribution in [2.75, 3.05) is 19.0 Å². The summed E-state index contributed by atoms with van der Waals surface area (Å²) in [6.07, 6.45) is -21.1. The lowest BCUT2D eigenvalue weighted by Gasteiger charge is -2.33. The van der Waals surface area contributed by atoms with Gasteiger partial charge in [-0.05, 0) is 12.8 Å². The summed E-state index contributed by atoms with van der Waals surface area (Å²) < 4.78 is 242. The molecule has 0 aromatic rings. The summed E-state index contributed by atoms with van der Waals surface area (Å²) in [6.45, 7) is -3.04. The molecule has 1 N–H and O–H groups in total. The molecule has 0 spiro atoms. The van der Waals surface area contributed by atoms with Crippen LogP contribution in [0.4, 0.5) is 79.0 Å². The van der Waals surface area contributed by atoms with Gasteiger partial charge in [0.15, 0.2) is 5.92 Å². The number of thioether (sulfide) groups is 1. The number of esters is 2. The van der Waals surface area contributed by atoms with Crippen LogP contribution in [0.5, 0.6) is 0 Å². The van der Waals surface area contributed by atoms with Crippen LogP contribution in [0, 0.1) is 5.92 Å². The maximum Gasteiger partial charge on any atom is 0.460 e. The third-order valence-electron chi connectivity index (χ3n) is 5.71. The molecule has 0 saturated carbocycles. The predicted molar refractivity (Wildman–Crippen MR) is 115 cm³/mol. The smallest absolute Gasteiger partial charge is 0.460 e. The SMILES string of the molecule is CCC(CC(C(=O)OCCC(F)(F)C(F)(F)C(F)(F)C(F)(F)F)C(=O)OCCC(F)(F)C(F)(F)C(F)(F)C(F)(F)F)SCC(=O)O. The Balaban J connectivity index is 5.92. The zero-order chi connectivity index (χ0) is 37.0. The van der Waals surface area contributed by atoms with Crippen LogP contribution >= 0.6 is 11.8 Å². The van der Waals surface area contributed by atoms with Crippen LogP contribution in [0.3, 0.4) is 0 Å². The van der Waals surface area contributed by atoms with E-state index in [0.717, 1.165) is 0 Å². The Morgan fingerprint density at radius 2 is 0.935 bits per heavy atom. The quantitative estimate of drug-likeness (QED) is 0.0891. The van der Waals surface area contributed by atoms with Crippen molar-refractivity contribution in [3.63, 3.8) is 0 Å². The molecule has 272 valence electrons. The van der Waals surface area contributed by atoms with Gasteiger partial charge < -0.3 is 14.6 Å². The van der Waals surface area contributed by atoms with E-state index in [9.17, 15) is 93.4 Å². The Kier molecular flexibility index (Phi) is 13.9. The molecule has 0 rings (SSSR count). The minimum absolute atomic E-state index is 0.192. The van der Waals surface area contributed by atoms with Crippen molar-refractivity contribution in [1.29, 1.82) is 0 Å². The average molecular weight is 742 g/mol. The molecule has 25 heteroatoms. The third-order valence-corrected chi connectivity index (χ3v) is 7.12. The largest absolute Gasteiger partial charge is 0.481 e. The predicted octanol–water partition coefficient (Wildman–Crippen LogP) is 7.39. The second kappa shape index (κ2) is 14.7. The number of aliphatic carboxylic acids is 1. The second-order valence-corrected chi connectivity index (χ2v) is 10.3. The summed E-state index contributed by atoms with van der Waals surface area (Å²) in [5, 5.41) is 7.55. The number of alkyl halides is 18. The molecule has 0 aromatic carbocycles. The molecule has 0 bridgehead atoms. The van der Waals surface area contributed by atoms with E-state index in [-0.39, 0.29) is 6.42 Å². The Labute approximate surface area is 249 Å². The van der Waals surface area contributed by atoms with Crippen molar-refractivity contribution in [2.45, 2.75) is 85.7 Å². The van der Waals surface area contributed by atoms with Gasteiger partial charge in [0.05, 0.1) is 31.8 Å². The van der Waals surface area contributed by atoms with Gasteiger partial charge in [0.2, 0.25) is 0 Å². The van der Waals surface area contributed by atoms with Gasteiger partial charge in [-0.1, -0.05) is 6.92 Å². The average Bonchev–Trinajstić information content (AvgIpc) is 2.86. The topological polar surface area (TPSA) is 89.9 Å². The molecule has 0 aliphatic rings. The fourth-order valence-electron chi connectivity index (χ4n) is 2.98. The zero-order valence-corrected chi connectivity index (χ0v) is 23.1. The number of hydrogen-bond donors (Lipinski definition) is 1. The summed E-state index contributed by atoms with van der Waals surface area (Å²) in [4.78, 5) is 35.4. The number of halogens is 18. The van der Waals surface area contributed by atoms with Crippen molar-refractivity contribution >= 4 is 29.7 Å². The summed E-state index contributed by atoms with van der Waals surface area (Å²) in [5.74, 6) is -50.7. The van der Waals surface area contributed by atoms with Gasteiger partial charge >= 0.3 is 65.8 Å². The molecule has 0 amide bonds. The van der Waals surface area contributed by atoms with E-state index < -0.39 is 115 Å². The molecule has 0 heterocycles. The van der Waals surface area contributed by atoms with Gasteiger partial charge in [-0.3, -0.25) is 14.4 Å². The second-order valence-electron chi connectivity index (χ2n) is 9.06. The Morgan fingerprint density at radius 3 is 1.20 bits per heavy atom. The standard InChI is InChI=1S/C21H20F18O6S/c1-2-9(46-8-11(40)41)7-10(12(42)44-5-3-14(22,23)16(26,27)18(30,31)20(34,35)36)13(43)45-6-4-15(24,25)17(28,29)19(32,33)21(37,38)39/h9-10H,2-8H2,1H3,(H,40,41). The molecular formula is C21H20F18O6S. The minimum atomic E-state index is -7.32. The maximum atomic E-state index is 13.7. The molecular weight excluding hydrogens is 722 g/mol. The van der Waals surface area contributed by atoms with E-state index in [4.69, 9.17) is 5.11 Å². The number of ether oxygens (including phenoxy) is 2. The first-order valence-electron chi connectivity index (χ1n) is 11.8. The minimum Gasteiger partial charge on any atom is -0.481 e. The molecule has 0 radical (unpaired) electrons. The highest BCUT2D eigenvalue weighted by Gasteiger charge is 2.82. The van der Waals surface area contributed by atoms with Gasteiger partial charge in [0.1, 0.15) is 0 Å². The maximum absolute atomic E-state index is 13.7. The Bertz CT molecular complexity index is 991. The molecule has 1 atom stereocenters. The normalized spacial score (nSPS) is 15.1. The van der Waals surface area contributed by atoms with E-state index in [1.54, 1.807) is 0 Å². The number of carboxylic acid groups (broad SMARTS) is 1. The lowest BCUT2D eigenvalue weighted by molar-refractivity contribution is -0.397. The highest BCUT2D eigenvalue weighted by molar-refractivity contribution is 8.00. The molecule has 0 aliphatic heterocycles. The molecule has 0 aromatic heterocycles. The van der Waals surface area contributed by atoms with Gasteiger partial charge in [0, 0.05) is 5.25 Å². The summed E-state index contributed by atoms with van der Waals surface area (Å²) >= 11 is 0.433. The first-order valence-corrected chi connectivity index (χ1v) is 12.9. The van der Waals surface area contributed by atoms with Crippen molar-refractivity contribution in [1.82, 2.24) is 0 Å². The lowest BCUT2D eigenvalue weighted by atomic mass is 10.0. The van der Waals surface area contributed by atoms with Crippen LogP contribution in [-0.4, -0.2) is 95.1 Å². The van der Waals surface area contributed by atoms with E-state index in [1.807, 2.05) is 0 Å². The zero-order valence-electron chi connectivity index (χ0n) is 22.3. The van der Waals surface area contributed by atoms with E-state index in [0.29, 0.717) is 11.8 Å². The van der Waals surface area contributed by atoms with E-state index >= 15 is 0 Å². The van der Waals surface area contributed by atoms with E-state index in [1.165, 1.54) is 6.92 Å². The molecule has 0 saturated heterocycles. The highest BCUT2D eigenvalue weighted by atomic mass is 32.2. The fraction of sp³-hybridized carbons (Fsp3) is 0.857. The van der Waals surface area contributed by atoms with Crippen LogP contribution in [0.15, 0.2) is 0 Å². The summed E-state index contributed by atoms with van der Waals surface area (Å²) in [6, 6.07) is 0. The van der Waals surface area contributed by atoms with Gasteiger partial charge in [-0.2, -0.15) is 79.0 Å². The first kappa shape index (κ1) is 43.5. The summed E-state index contributed by atoms with van der Waals surface area (Å²) in [7, 11) is 0. The van der Waals surface area contributed by atoms with Crippen molar-refractivity contribution in [3.8, 4) is 0 Å². The van der Waals surface area contributed by atoms with Crippen LogP contribution in [-0.2, 0) is 23.9 Å². The van der Waals surface area contributed by atoms with Gasteiger partial charge in [-0.25, -0.2) is 0 Å². The number of rotatable bonds is 18. The molecule has 0 aliphatic carbocycles. The Hall–Kier alpha value is -2.50. The van der Waals surface area contributed by atoms with Crippen molar-refractivity contribution < 1.29 is 108 Å². The van der Waals surface area contributed by atoms with Crippen LogP contribution in [0.2, 0.25) is 0 Å². The van der Waals surface area contributed by atoms with Crippen LogP contribution in [0.1, 0.15) is 32.6 Å². The molecule has 0 fully saturated rings. The summed E-state index contributed by atoms with van der Waals surface area (Å²) in [5.41, 5.74) is 0. The van der Waals surface area contributed by atoms with Crippen molar-refractivity contribution in [3.05, 3.63) is 0 Å². The lowest BCUT2D eigenvalue weighted by Crippen LogP contribution is -2.61. The van der Waals surface area contributed by atoms with Gasteiger partial charge in [-0.15, -0.1) is 11.8 Å². The highest BCUT2D eigenvalue weighted by Crippen LogP contribution is 2.55. The molecule has 6 nitrogen and oxygen atoms in total. The monoisotopic (exact) mass is 742 g/mol. The number of carbonyl (C=O) groups is 3. The van der Waals surface area contributed by atoms with Crippen LogP contribution in [0.25, 0.3) is 0 Å². The van der Waals surface area contributed by atoms with Crippen molar-refractivity contribution in [2.24, 2.45) is 5.92 Å². The number of carboxylic acids is 1. The van der Waals surface area contributed by atoms with Crippen LogP contribution < -0.4 is 0 Å². The number of carbonyl (C=O) groups excluding carboxylic acids is 2. The third kappa shape index (κ3) is 9.53. The van der Waals surface area contributed by atoms with Gasteiger partial charge in [0.25, 0.3) is 0 Å². The van der Waals surface area contributed by atoms with E-state index in [2.05, 4.69) is 9.47 Å². The first-order chi connectivity index (χ1) is 20.2. The Morgan fingerprint density at radius 1 is 0.609 bits per heavy atom. The molecule has 1 unspecified atom stereocenters. The number of hydrogen-bond acceptors (Lipinski definition) is 6. The molecule has 46 heavy (non-hydrogen) atoms.